The van der Waals surface area contributed by atoms with Crippen LogP contribution in [0.2, 0.25) is 0 Å². The molecule has 3 N–H and O–H groups in total. The Morgan fingerprint density at radius 1 is 1.24 bits per heavy atom. The van der Waals surface area contributed by atoms with Gasteiger partial charge in [0.1, 0.15) is 34.4 Å². The van der Waals surface area contributed by atoms with Crippen molar-refractivity contribution in [3.05, 3.63) is 43.8 Å². The van der Waals surface area contributed by atoms with Gasteiger partial charge in [0.15, 0.2) is 12.2 Å². The molecule has 0 saturated heterocycles. The van der Waals surface area contributed by atoms with Crippen LogP contribution in [-0.4, -0.2) is 49.4 Å². The minimum Gasteiger partial charge on any atom is -0.484 e. The number of nitriles is 1. The lowest BCUT2D eigenvalue weighted by Crippen LogP contribution is -2.35. The van der Waals surface area contributed by atoms with Crippen LogP contribution in [0.25, 0.3) is 11.8 Å². The number of halogens is 2. The summed E-state index contributed by atoms with van der Waals surface area (Å²) in [5, 5.41) is 17.0. The Labute approximate surface area is 192 Å². The number of anilines is 1. The van der Waals surface area contributed by atoms with E-state index in [0.717, 1.165) is 11.3 Å². The summed E-state index contributed by atoms with van der Waals surface area (Å²) in [7, 11) is 0. The van der Waals surface area contributed by atoms with Crippen molar-refractivity contribution in [3.8, 4) is 11.8 Å². The fourth-order valence-corrected chi connectivity index (χ4v) is 3.73. The quantitative estimate of drug-likeness (QED) is 0.417. The van der Waals surface area contributed by atoms with Gasteiger partial charge in [0.25, 0.3) is 17.4 Å². The molecule has 0 aliphatic heterocycles. The molecule has 0 unspecified atom stereocenters. The van der Waals surface area contributed by atoms with Crippen molar-refractivity contribution in [1.29, 1.82) is 5.26 Å². The molecular formula is C21H23F2N5O4S. The molecule has 176 valence electrons. The first-order chi connectivity index (χ1) is 15.9. The van der Waals surface area contributed by atoms with Crippen molar-refractivity contribution >= 4 is 40.6 Å². The molecule has 0 spiro atoms. The second-order valence-corrected chi connectivity index (χ2v) is 7.43. The van der Waals surface area contributed by atoms with Crippen LogP contribution in [0.4, 0.5) is 14.5 Å². The van der Waals surface area contributed by atoms with Gasteiger partial charge in [-0.2, -0.15) is 5.26 Å². The van der Waals surface area contributed by atoms with Crippen LogP contribution in [0.3, 0.4) is 0 Å². The normalized spacial score (nSPS) is 12.0. The number of thiazole rings is 1. The highest BCUT2D eigenvalue weighted by Gasteiger charge is 2.15. The maximum Gasteiger partial charge on any atom is 0.270 e. The van der Waals surface area contributed by atoms with Crippen molar-refractivity contribution in [3.63, 3.8) is 0 Å². The Hall–Kier alpha value is -3.72. The summed E-state index contributed by atoms with van der Waals surface area (Å²) in [6.45, 7) is -0.104. The topological polar surface area (TPSA) is 125 Å². The van der Waals surface area contributed by atoms with E-state index in [-0.39, 0.29) is 41.0 Å². The van der Waals surface area contributed by atoms with Crippen LogP contribution in [0.15, 0.2) is 29.1 Å². The molecule has 1 aromatic carbocycles. The molecule has 0 fully saturated rings. The van der Waals surface area contributed by atoms with E-state index in [0.29, 0.717) is 11.4 Å². The van der Waals surface area contributed by atoms with Gasteiger partial charge in [0.05, 0.1) is 0 Å². The van der Waals surface area contributed by atoms with Crippen LogP contribution in [0, 0.1) is 11.3 Å². The van der Waals surface area contributed by atoms with Gasteiger partial charge in [-0.1, -0.05) is 6.07 Å². The Morgan fingerprint density at radius 2 is 1.97 bits per heavy atom. The molecule has 2 amide bonds. The van der Waals surface area contributed by atoms with Crippen molar-refractivity contribution in [2.75, 3.05) is 38.4 Å². The number of carbonyl (C=O) groups is 2. The Bertz CT molecular complexity index is 1200. The molecular weight excluding hydrogens is 456 g/mol. The number of rotatable bonds is 11. The fraction of sp³-hybridized carbons (Fsp3) is 0.333. The summed E-state index contributed by atoms with van der Waals surface area (Å²) in [6.07, 6.45) is 1.43. The molecule has 33 heavy (non-hydrogen) atoms. The largest absolute Gasteiger partial charge is 0.484 e. The molecule has 0 aliphatic rings. The second-order valence-electron chi connectivity index (χ2n) is 6.40. The molecule has 0 saturated carbocycles. The average Bonchev–Trinajstić information content (AvgIpc) is 3.14. The molecule has 2 aromatic rings. The molecule has 9 nitrogen and oxygen atoms in total. The summed E-state index contributed by atoms with van der Waals surface area (Å²) < 4.78 is 31.5. The SMILES string of the molecule is CCn1c(=O)/c(=C\Nc2cccc(OCC(=O)NCCF)c2)s/c1=C(/C#N)C(=O)NCCF. The minimum atomic E-state index is -0.774. The zero-order chi connectivity index (χ0) is 24.2. The van der Waals surface area contributed by atoms with E-state index in [2.05, 4.69) is 16.0 Å². The maximum absolute atomic E-state index is 12.7. The first-order valence-corrected chi connectivity index (χ1v) is 10.8. The van der Waals surface area contributed by atoms with Crippen LogP contribution in [0.1, 0.15) is 6.92 Å². The van der Waals surface area contributed by atoms with Crippen molar-refractivity contribution in [1.82, 2.24) is 15.2 Å². The number of ether oxygens (including phenoxy) is 1. The van der Waals surface area contributed by atoms with Crippen LogP contribution >= 0.6 is 11.3 Å². The van der Waals surface area contributed by atoms with Gasteiger partial charge in [-0.15, -0.1) is 11.3 Å². The number of nitrogens with zero attached hydrogens (tertiary/aromatic N) is 2. The number of hydrogen-bond donors (Lipinski definition) is 3. The standard InChI is InChI=1S/C21H23F2N5O4S/c1-2-28-20(31)17(33-21(28)16(11-24)19(30)26-9-7-23)12-27-14-4-3-5-15(10-14)32-13-18(29)25-8-6-22/h3-5,10,12,27H,2,6-9,13H2,1H3,(H,25,29)(H,26,30)/b17-12+,21-16-. The van der Waals surface area contributed by atoms with Gasteiger partial charge in [-0.05, 0) is 19.1 Å². The zero-order valence-electron chi connectivity index (χ0n) is 17.8. The predicted molar refractivity (Wildman–Crippen MR) is 121 cm³/mol. The molecule has 0 atom stereocenters. The fourth-order valence-electron chi connectivity index (χ4n) is 2.65. The van der Waals surface area contributed by atoms with E-state index in [1.165, 1.54) is 10.8 Å². The first kappa shape index (κ1) is 25.5. The van der Waals surface area contributed by atoms with Gasteiger partial charge >= 0.3 is 0 Å². The van der Waals surface area contributed by atoms with Crippen molar-refractivity contribution in [2.45, 2.75) is 13.5 Å². The van der Waals surface area contributed by atoms with E-state index < -0.39 is 30.7 Å². The number of hydrogen-bond acceptors (Lipinski definition) is 7. The van der Waals surface area contributed by atoms with Gasteiger partial charge in [-0.3, -0.25) is 19.0 Å². The van der Waals surface area contributed by atoms with E-state index in [9.17, 15) is 28.4 Å². The zero-order valence-corrected chi connectivity index (χ0v) is 18.6. The maximum atomic E-state index is 12.7. The summed E-state index contributed by atoms with van der Waals surface area (Å²) in [6, 6.07) is 8.40. The molecule has 12 heteroatoms. The Kier molecular flexibility index (Phi) is 10.0. The number of benzene rings is 1. The Balaban J connectivity index is 2.28. The highest BCUT2D eigenvalue weighted by molar-refractivity contribution is 7.07. The monoisotopic (exact) mass is 479 g/mol. The predicted octanol–water partition coefficient (Wildman–Crippen LogP) is 0.00428. The van der Waals surface area contributed by atoms with Crippen molar-refractivity contribution in [2.24, 2.45) is 0 Å². The molecule has 0 radical (unpaired) electrons. The minimum absolute atomic E-state index is 0.0840. The van der Waals surface area contributed by atoms with E-state index in [1.54, 1.807) is 37.3 Å². The molecule has 0 aliphatic carbocycles. The van der Waals surface area contributed by atoms with Crippen LogP contribution < -0.4 is 35.4 Å². The number of alkyl halides is 2. The van der Waals surface area contributed by atoms with Gasteiger partial charge in [0.2, 0.25) is 0 Å². The first-order valence-electron chi connectivity index (χ1n) is 9.95. The third-order valence-electron chi connectivity index (χ3n) is 4.15. The Morgan fingerprint density at radius 3 is 2.64 bits per heavy atom. The summed E-state index contributed by atoms with van der Waals surface area (Å²) >= 11 is 0.954. The second kappa shape index (κ2) is 13.0. The van der Waals surface area contributed by atoms with E-state index in [1.807, 2.05) is 0 Å². The number of amides is 2. The van der Waals surface area contributed by atoms with Crippen molar-refractivity contribution < 1.29 is 23.1 Å². The average molecular weight is 480 g/mol. The lowest BCUT2D eigenvalue weighted by Gasteiger charge is -2.08. The van der Waals surface area contributed by atoms with Crippen LogP contribution in [-0.2, 0) is 16.1 Å². The van der Waals surface area contributed by atoms with Gasteiger partial charge < -0.3 is 20.7 Å². The lowest BCUT2D eigenvalue weighted by atomic mass is 10.3. The third-order valence-corrected chi connectivity index (χ3v) is 5.28. The molecule has 0 bridgehead atoms. The molecule has 1 heterocycles. The number of aromatic nitrogens is 1. The number of nitrogens with one attached hydrogen (secondary N) is 3. The highest BCUT2D eigenvalue weighted by atomic mass is 32.1. The van der Waals surface area contributed by atoms with E-state index in [4.69, 9.17) is 4.74 Å². The summed E-state index contributed by atoms with van der Waals surface area (Å²) in [5.41, 5.74) is -0.110. The van der Waals surface area contributed by atoms with Crippen LogP contribution in [0.5, 0.6) is 5.75 Å². The lowest BCUT2D eigenvalue weighted by molar-refractivity contribution is -0.123. The molecule has 1 aromatic heterocycles. The van der Waals surface area contributed by atoms with Gasteiger partial charge in [-0.25, -0.2) is 8.78 Å². The molecule has 2 rings (SSSR count). The van der Waals surface area contributed by atoms with Gasteiger partial charge in [0, 0.05) is 37.6 Å². The van der Waals surface area contributed by atoms with E-state index >= 15 is 0 Å². The smallest absolute Gasteiger partial charge is 0.270 e. The highest BCUT2D eigenvalue weighted by Crippen LogP contribution is 2.17. The summed E-state index contributed by atoms with van der Waals surface area (Å²) in [4.78, 5) is 36.4. The third kappa shape index (κ3) is 7.15. The number of carbonyl (C=O) groups excluding carboxylic acids is 2. The summed E-state index contributed by atoms with van der Waals surface area (Å²) in [5.74, 6) is -0.825.